The molecule has 1 aliphatic heterocycles. The Morgan fingerprint density at radius 3 is 2.66 bits per heavy atom. The van der Waals surface area contributed by atoms with Gasteiger partial charge in [0.2, 0.25) is 0 Å². The van der Waals surface area contributed by atoms with Crippen molar-refractivity contribution in [2.24, 2.45) is 0 Å². The highest BCUT2D eigenvalue weighted by Gasteiger charge is 2.31. The molecular weight excluding hydrogens is 392 g/mol. The Labute approximate surface area is 169 Å². The summed E-state index contributed by atoms with van der Waals surface area (Å²) in [6, 6.07) is 12.9. The monoisotopic (exact) mass is 414 g/mol. The Kier molecular flexibility index (Phi) is 5.29. The van der Waals surface area contributed by atoms with Crippen LogP contribution in [0.25, 0.3) is 11.3 Å². The van der Waals surface area contributed by atoms with E-state index in [1.165, 1.54) is 7.11 Å². The average Bonchev–Trinajstić information content (AvgIpc) is 3.41. The van der Waals surface area contributed by atoms with Crippen molar-refractivity contribution < 1.29 is 22.3 Å². The number of nitrogens with zero attached hydrogens (tertiary/aromatic N) is 1. The summed E-state index contributed by atoms with van der Waals surface area (Å²) in [5, 5.41) is 2.50. The minimum Gasteiger partial charge on any atom is -0.495 e. The van der Waals surface area contributed by atoms with Gasteiger partial charge in [-0.15, -0.1) is 0 Å². The number of aryl methyl sites for hydroxylation is 1. The lowest BCUT2D eigenvalue weighted by atomic mass is 10.1. The first-order chi connectivity index (χ1) is 14.0. The van der Waals surface area contributed by atoms with Crippen LogP contribution in [0.4, 0.5) is 11.7 Å². The highest BCUT2D eigenvalue weighted by atomic mass is 32.2. The van der Waals surface area contributed by atoms with E-state index in [2.05, 4.69) is 10.3 Å². The summed E-state index contributed by atoms with van der Waals surface area (Å²) in [6.45, 7) is 2.70. The molecule has 8 heteroatoms. The third-order valence-corrected chi connectivity index (χ3v) is 7.07. The molecule has 152 valence electrons. The number of sulfone groups is 1. The van der Waals surface area contributed by atoms with Crippen molar-refractivity contribution in [3.8, 4) is 17.1 Å². The number of oxazole rings is 1. The van der Waals surface area contributed by atoms with Crippen LogP contribution in [0.2, 0.25) is 0 Å². The molecule has 1 N–H and O–H groups in total. The lowest BCUT2D eigenvalue weighted by Crippen LogP contribution is -2.21. The SMILES string of the molecule is COc1ccc(S(=O)(=O)C2CCOC2)cc1Nc1ncc(-c2ccc(C)cc2)o1. The molecule has 1 atom stereocenters. The first-order valence-corrected chi connectivity index (χ1v) is 10.8. The Bertz CT molecular complexity index is 1100. The number of nitrogens with one attached hydrogen (secondary N) is 1. The molecule has 7 nitrogen and oxygen atoms in total. The molecule has 1 aromatic heterocycles. The van der Waals surface area contributed by atoms with Gasteiger partial charge in [-0.05, 0) is 31.5 Å². The van der Waals surface area contributed by atoms with Crippen molar-refractivity contribution in [3.63, 3.8) is 0 Å². The quantitative estimate of drug-likeness (QED) is 0.653. The number of hydrogen-bond donors (Lipinski definition) is 1. The predicted octanol–water partition coefficient (Wildman–Crippen LogP) is 3.96. The molecule has 1 saturated heterocycles. The van der Waals surface area contributed by atoms with Gasteiger partial charge in [0.15, 0.2) is 15.6 Å². The number of ether oxygens (including phenoxy) is 2. The van der Waals surface area contributed by atoms with Gasteiger partial charge in [-0.2, -0.15) is 0 Å². The fourth-order valence-electron chi connectivity index (χ4n) is 3.21. The van der Waals surface area contributed by atoms with Gasteiger partial charge in [0, 0.05) is 12.2 Å². The first-order valence-electron chi connectivity index (χ1n) is 9.27. The summed E-state index contributed by atoms with van der Waals surface area (Å²) in [5.41, 5.74) is 2.52. The van der Waals surface area contributed by atoms with Gasteiger partial charge in [0.05, 0.1) is 35.7 Å². The van der Waals surface area contributed by atoms with E-state index < -0.39 is 15.1 Å². The van der Waals surface area contributed by atoms with E-state index in [9.17, 15) is 8.42 Å². The maximum Gasteiger partial charge on any atom is 0.299 e. The first kappa shape index (κ1) is 19.5. The zero-order valence-electron chi connectivity index (χ0n) is 16.2. The van der Waals surface area contributed by atoms with E-state index in [4.69, 9.17) is 13.9 Å². The third-order valence-electron chi connectivity index (χ3n) is 4.91. The Morgan fingerprint density at radius 1 is 1.17 bits per heavy atom. The van der Waals surface area contributed by atoms with Crippen LogP contribution in [0.15, 0.2) is 58.0 Å². The molecule has 29 heavy (non-hydrogen) atoms. The van der Waals surface area contributed by atoms with Crippen molar-refractivity contribution in [1.82, 2.24) is 4.98 Å². The van der Waals surface area contributed by atoms with E-state index in [0.717, 1.165) is 11.1 Å². The van der Waals surface area contributed by atoms with Crippen molar-refractivity contribution >= 4 is 21.5 Å². The van der Waals surface area contributed by atoms with Gasteiger partial charge in [-0.3, -0.25) is 0 Å². The number of hydrogen-bond acceptors (Lipinski definition) is 7. The summed E-state index contributed by atoms with van der Waals surface area (Å²) >= 11 is 0. The van der Waals surface area contributed by atoms with Crippen LogP contribution in [0.5, 0.6) is 5.75 Å². The van der Waals surface area contributed by atoms with Crippen molar-refractivity contribution in [2.75, 3.05) is 25.6 Å². The second kappa shape index (κ2) is 7.88. The van der Waals surface area contributed by atoms with Crippen molar-refractivity contribution in [1.29, 1.82) is 0 Å². The molecule has 0 bridgehead atoms. The van der Waals surface area contributed by atoms with Crippen LogP contribution in [0, 0.1) is 6.92 Å². The minimum atomic E-state index is -3.49. The highest BCUT2D eigenvalue weighted by molar-refractivity contribution is 7.92. The normalized spacial score (nSPS) is 16.7. The second-order valence-electron chi connectivity index (χ2n) is 6.91. The van der Waals surface area contributed by atoms with E-state index in [1.54, 1.807) is 24.4 Å². The highest BCUT2D eigenvalue weighted by Crippen LogP contribution is 2.33. The topological polar surface area (TPSA) is 90.7 Å². The van der Waals surface area contributed by atoms with Gasteiger partial charge in [0.1, 0.15) is 5.75 Å². The van der Waals surface area contributed by atoms with Crippen LogP contribution < -0.4 is 10.1 Å². The molecule has 1 unspecified atom stereocenters. The Hall–Kier alpha value is -2.84. The molecule has 2 heterocycles. The largest absolute Gasteiger partial charge is 0.495 e. The molecule has 0 spiro atoms. The van der Waals surface area contributed by atoms with Crippen molar-refractivity contribution in [3.05, 3.63) is 54.2 Å². The van der Waals surface area contributed by atoms with E-state index >= 15 is 0 Å². The molecule has 2 aromatic carbocycles. The van der Waals surface area contributed by atoms with Gasteiger partial charge < -0.3 is 19.2 Å². The van der Waals surface area contributed by atoms with E-state index in [0.29, 0.717) is 30.2 Å². The molecule has 1 fully saturated rings. The summed E-state index contributed by atoms with van der Waals surface area (Å²) in [5.74, 6) is 1.10. The number of rotatable bonds is 6. The summed E-state index contributed by atoms with van der Waals surface area (Å²) < 4.78 is 42.1. The number of methoxy groups -OCH3 is 1. The Morgan fingerprint density at radius 2 is 1.97 bits per heavy atom. The smallest absolute Gasteiger partial charge is 0.299 e. The molecule has 3 aromatic rings. The lowest BCUT2D eigenvalue weighted by Gasteiger charge is -2.14. The molecule has 0 radical (unpaired) electrons. The molecule has 1 aliphatic rings. The number of benzene rings is 2. The summed E-state index contributed by atoms with van der Waals surface area (Å²) in [4.78, 5) is 4.46. The van der Waals surface area contributed by atoms with Crippen LogP contribution >= 0.6 is 0 Å². The molecule has 0 amide bonds. The van der Waals surface area contributed by atoms with Gasteiger partial charge >= 0.3 is 0 Å². The fourth-order valence-corrected chi connectivity index (χ4v) is 4.82. The van der Waals surface area contributed by atoms with Crippen LogP contribution in [0.1, 0.15) is 12.0 Å². The van der Waals surface area contributed by atoms with Crippen LogP contribution in [-0.2, 0) is 14.6 Å². The fraction of sp³-hybridized carbons (Fsp3) is 0.286. The third kappa shape index (κ3) is 3.99. The maximum absolute atomic E-state index is 12.9. The second-order valence-corrected chi connectivity index (χ2v) is 9.14. The van der Waals surface area contributed by atoms with E-state index in [1.807, 2.05) is 31.2 Å². The number of aromatic nitrogens is 1. The van der Waals surface area contributed by atoms with Crippen LogP contribution in [0.3, 0.4) is 0 Å². The number of anilines is 2. The summed E-state index contributed by atoms with van der Waals surface area (Å²) in [7, 11) is -1.97. The molecule has 0 aliphatic carbocycles. The minimum absolute atomic E-state index is 0.210. The van der Waals surface area contributed by atoms with Gasteiger partial charge in [0.25, 0.3) is 6.01 Å². The lowest BCUT2D eigenvalue weighted by molar-refractivity contribution is 0.198. The molecular formula is C21H22N2O5S. The van der Waals surface area contributed by atoms with Gasteiger partial charge in [-0.25, -0.2) is 13.4 Å². The van der Waals surface area contributed by atoms with Crippen LogP contribution in [-0.4, -0.2) is 39.0 Å². The predicted molar refractivity (Wildman–Crippen MR) is 109 cm³/mol. The van der Waals surface area contributed by atoms with Gasteiger partial charge in [-0.1, -0.05) is 29.8 Å². The molecule has 0 saturated carbocycles. The van der Waals surface area contributed by atoms with E-state index in [-0.39, 0.29) is 17.5 Å². The molecule has 4 rings (SSSR count). The van der Waals surface area contributed by atoms with Crippen molar-refractivity contribution in [2.45, 2.75) is 23.5 Å². The average molecular weight is 414 g/mol. The Balaban J connectivity index is 1.62. The maximum atomic E-state index is 12.9. The summed E-state index contributed by atoms with van der Waals surface area (Å²) in [6.07, 6.45) is 2.12. The zero-order chi connectivity index (χ0) is 20.4. The zero-order valence-corrected chi connectivity index (χ0v) is 17.0. The standard InChI is InChI=1S/C21H22N2O5S/c1-14-3-5-15(6-4-14)20-12-22-21(28-20)23-18-11-16(7-8-19(18)26-2)29(24,25)17-9-10-27-13-17/h3-8,11-12,17H,9-10,13H2,1-2H3,(H,22,23).